The number of carbonyl (C=O) groups is 2. The average Bonchev–Trinajstić information content (AvgIpc) is 3.29. The second kappa shape index (κ2) is 8.51. The highest BCUT2D eigenvalue weighted by molar-refractivity contribution is 7.09. The molecule has 0 saturated carbocycles. The van der Waals surface area contributed by atoms with Crippen LogP contribution in [0, 0.1) is 19.7 Å². The van der Waals surface area contributed by atoms with E-state index < -0.39 is 23.2 Å². The van der Waals surface area contributed by atoms with Gasteiger partial charge in [-0.1, -0.05) is 0 Å². The lowest BCUT2D eigenvalue weighted by atomic mass is 9.86. The Bertz CT molecular complexity index is 1190. The molecule has 0 aliphatic carbocycles. The van der Waals surface area contributed by atoms with E-state index >= 15 is 4.39 Å². The predicted molar refractivity (Wildman–Crippen MR) is 115 cm³/mol. The van der Waals surface area contributed by atoms with Gasteiger partial charge in [0.05, 0.1) is 33.1 Å². The van der Waals surface area contributed by atoms with Crippen LogP contribution < -0.4 is 10.1 Å². The first-order chi connectivity index (χ1) is 15.2. The summed E-state index contributed by atoms with van der Waals surface area (Å²) in [5, 5.41) is 12.4. The van der Waals surface area contributed by atoms with Gasteiger partial charge in [-0.3, -0.25) is 4.79 Å². The SMILES string of the molecule is Cc1ncsc1COc1ccc2oc(C)c(C(=O)NC3(C(=O)O)CCOC(C)C3)c2c1F. The van der Waals surface area contributed by atoms with Crippen molar-refractivity contribution in [3.8, 4) is 5.75 Å². The molecule has 8 nitrogen and oxygen atoms in total. The molecule has 2 atom stereocenters. The third kappa shape index (κ3) is 3.95. The van der Waals surface area contributed by atoms with E-state index in [1.165, 1.54) is 30.4 Å². The van der Waals surface area contributed by atoms with Gasteiger partial charge in [0.2, 0.25) is 0 Å². The number of carboxylic acid groups (broad SMARTS) is 1. The molecule has 1 amide bonds. The van der Waals surface area contributed by atoms with Crippen molar-refractivity contribution in [3.05, 3.63) is 45.4 Å². The zero-order valence-corrected chi connectivity index (χ0v) is 18.7. The molecular formula is C22H23FN2O6S. The van der Waals surface area contributed by atoms with E-state index in [9.17, 15) is 14.7 Å². The predicted octanol–water partition coefficient (Wildman–Crippen LogP) is 3.98. The van der Waals surface area contributed by atoms with E-state index in [0.29, 0.717) is 0 Å². The fourth-order valence-corrected chi connectivity index (χ4v) is 4.66. The number of halogens is 1. The molecule has 3 heterocycles. The molecule has 0 radical (unpaired) electrons. The Kier molecular flexibility index (Phi) is 5.91. The number of aromatic nitrogens is 1. The minimum absolute atomic E-state index is 0.0345. The first kappa shape index (κ1) is 22.2. The van der Waals surface area contributed by atoms with Gasteiger partial charge in [-0.05, 0) is 32.9 Å². The van der Waals surface area contributed by atoms with Gasteiger partial charge in [0.1, 0.15) is 23.5 Å². The molecule has 32 heavy (non-hydrogen) atoms. The Morgan fingerprint density at radius 3 is 2.84 bits per heavy atom. The third-order valence-electron chi connectivity index (χ3n) is 5.69. The summed E-state index contributed by atoms with van der Waals surface area (Å²) < 4.78 is 32.1. The Morgan fingerprint density at radius 2 is 2.19 bits per heavy atom. The van der Waals surface area contributed by atoms with Crippen molar-refractivity contribution in [2.75, 3.05) is 6.61 Å². The van der Waals surface area contributed by atoms with Gasteiger partial charge in [0.15, 0.2) is 11.6 Å². The van der Waals surface area contributed by atoms with Crippen LogP contribution in [0.5, 0.6) is 5.75 Å². The number of benzene rings is 1. The van der Waals surface area contributed by atoms with Gasteiger partial charge in [0, 0.05) is 19.4 Å². The summed E-state index contributed by atoms with van der Waals surface area (Å²) in [5.41, 5.74) is 1.12. The molecule has 4 rings (SSSR count). The summed E-state index contributed by atoms with van der Waals surface area (Å²) in [7, 11) is 0. The number of thiazole rings is 1. The van der Waals surface area contributed by atoms with E-state index in [1.807, 2.05) is 6.92 Å². The number of rotatable bonds is 6. The number of nitrogens with zero attached hydrogens (tertiary/aromatic N) is 1. The number of hydrogen-bond donors (Lipinski definition) is 2. The van der Waals surface area contributed by atoms with Gasteiger partial charge in [-0.2, -0.15) is 0 Å². The van der Waals surface area contributed by atoms with E-state index in [1.54, 1.807) is 12.4 Å². The minimum atomic E-state index is -1.50. The second-order valence-corrected chi connectivity index (χ2v) is 8.85. The molecule has 170 valence electrons. The highest BCUT2D eigenvalue weighted by atomic mass is 32.1. The topological polar surface area (TPSA) is 111 Å². The van der Waals surface area contributed by atoms with Crippen LogP contribution in [0.2, 0.25) is 0 Å². The summed E-state index contributed by atoms with van der Waals surface area (Å²) in [5.74, 6) is -2.46. The smallest absolute Gasteiger partial charge is 0.329 e. The number of nitrogens with one attached hydrogen (secondary N) is 1. The molecule has 1 fully saturated rings. The largest absolute Gasteiger partial charge is 0.485 e. The van der Waals surface area contributed by atoms with E-state index in [0.717, 1.165) is 10.6 Å². The Hall–Kier alpha value is -2.98. The summed E-state index contributed by atoms with van der Waals surface area (Å²) in [6.07, 6.45) is -0.124. The number of carboxylic acids is 1. The van der Waals surface area contributed by atoms with Crippen molar-refractivity contribution >= 4 is 34.2 Å². The molecule has 2 N–H and O–H groups in total. The third-order valence-corrected chi connectivity index (χ3v) is 6.60. The van der Waals surface area contributed by atoms with Crippen molar-refractivity contribution in [2.45, 2.75) is 51.9 Å². The van der Waals surface area contributed by atoms with E-state index in [4.69, 9.17) is 13.9 Å². The Balaban J connectivity index is 1.67. The zero-order valence-electron chi connectivity index (χ0n) is 17.9. The second-order valence-electron chi connectivity index (χ2n) is 7.91. The number of hydrogen-bond acceptors (Lipinski definition) is 7. The molecule has 2 aromatic heterocycles. The van der Waals surface area contributed by atoms with Crippen molar-refractivity contribution in [2.24, 2.45) is 0 Å². The average molecular weight is 462 g/mol. The number of fused-ring (bicyclic) bond motifs is 1. The van der Waals surface area contributed by atoms with Crippen molar-refractivity contribution in [1.82, 2.24) is 10.3 Å². The molecule has 1 aliphatic heterocycles. The number of furan rings is 1. The highest BCUT2D eigenvalue weighted by Gasteiger charge is 2.44. The van der Waals surface area contributed by atoms with E-state index in [2.05, 4.69) is 10.3 Å². The van der Waals surface area contributed by atoms with Crippen LogP contribution in [0.3, 0.4) is 0 Å². The highest BCUT2D eigenvalue weighted by Crippen LogP contribution is 2.34. The van der Waals surface area contributed by atoms with Crippen LogP contribution >= 0.6 is 11.3 Å². The van der Waals surface area contributed by atoms with Gasteiger partial charge in [-0.15, -0.1) is 11.3 Å². The quantitative estimate of drug-likeness (QED) is 0.570. The zero-order chi connectivity index (χ0) is 23.0. The molecular weight excluding hydrogens is 439 g/mol. The summed E-state index contributed by atoms with van der Waals surface area (Å²) >= 11 is 1.41. The van der Waals surface area contributed by atoms with Crippen LogP contribution in [0.1, 0.15) is 46.5 Å². The maximum absolute atomic E-state index is 15.4. The number of aliphatic carboxylic acids is 1. The molecule has 1 aliphatic rings. The fraction of sp³-hybridized carbons (Fsp3) is 0.409. The molecule has 1 saturated heterocycles. The monoisotopic (exact) mass is 462 g/mol. The molecule has 0 bridgehead atoms. The molecule has 0 spiro atoms. The minimum Gasteiger partial charge on any atom is -0.485 e. The van der Waals surface area contributed by atoms with Crippen molar-refractivity contribution < 1.29 is 33.0 Å². The van der Waals surface area contributed by atoms with Crippen LogP contribution in [-0.2, 0) is 16.1 Å². The lowest BCUT2D eigenvalue weighted by Gasteiger charge is -2.37. The van der Waals surface area contributed by atoms with Gasteiger partial charge in [-0.25, -0.2) is 14.2 Å². The van der Waals surface area contributed by atoms with Crippen molar-refractivity contribution in [3.63, 3.8) is 0 Å². The lowest BCUT2D eigenvalue weighted by molar-refractivity contribution is -0.150. The van der Waals surface area contributed by atoms with Gasteiger partial charge in [0.25, 0.3) is 5.91 Å². The van der Waals surface area contributed by atoms with E-state index in [-0.39, 0.29) is 60.2 Å². The maximum atomic E-state index is 15.4. The summed E-state index contributed by atoms with van der Waals surface area (Å²) in [6.45, 7) is 5.46. The standard InChI is InChI=1S/C22H23FN2O6S/c1-11-8-22(21(27)28,6-7-29-11)25-20(26)17-13(3)31-14-4-5-15(19(23)18(14)17)30-9-16-12(2)24-10-32-16/h4-5,10-11H,6-9H2,1-3H3,(H,25,26)(H,27,28). The fourth-order valence-electron chi connectivity index (χ4n) is 3.97. The van der Waals surface area contributed by atoms with Crippen molar-refractivity contribution in [1.29, 1.82) is 0 Å². The molecule has 3 aromatic rings. The molecule has 2 unspecified atom stereocenters. The maximum Gasteiger partial charge on any atom is 0.329 e. The first-order valence-electron chi connectivity index (χ1n) is 10.1. The van der Waals surface area contributed by atoms with Gasteiger partial charge >= 0.3 is 5.97 Å². The number of carbonyl (C=O) groups excluding carboxylic acids is 1. The van der Waals surface area contributed by atoms with Crippen LogP contribution in [0.4, 0.5) is 4.39 Å². The Morgan fingerprint density at radius 1 is 1.41 bits per heavy atom. The summed E-state index contributed by atoms with van der Waals surface area (Å²) in [6, 6.07) is 2.97. The Labute approximate surface area is 187 Å². The first-order valence-corrected chi connectivity index (χ1v) is 11.0. The molecule has 10 heteroatoms. The molecule has 1 aromatic carbocycles. The van der Waals surface area contributed by atoms with Crippen LogP contribution in [0.25, 0.3) is 11.0 Å². The normalized spacial score (nSPS) is 20.9. The van der Waals surface area contributed by atoms with Crippen LogP contribution in [-0.4, -0.2) is 40.2 Å². The summed E-state index contributed by atoms with van der Waals surface area (Å²) in [4.78, 5) is 30.2. The number of ether oxygens (including phenoxy) is 2. The number of amides is 1. The van der Waals surface area contributed by atoms with Gasteiger partial charge < -0.3 is 24.3 Å². The van der Waals surface area contributed by atoms with Crippen LogP contribution in [0.15, 0.2) is 22.1 Å². The number of aryl methyl sites for hydroxylation is 2. The lowest BCUT2D eigenvalue weighted by Crippen LogP contribution is -2.59.